The van der Waals surface area contributed by atoms with Gasteiger partial charge in [0.1, 0.15) is 5.52 Å². The van der Waals surface area contributed by atoms with Crippen LogP contribution >= 0.6 is 0 Å². The van der Waals surface area contributed by atoms with Crippen LogP contribution in [0.3, 0.4) is 0 Å². The molecule has 1 aromatic heterocycles. The number of piperidine rings is 1. The normalized spacial score (nSPS) is 17.6. The van der Waals surface area contributed by atoms with Gasteiger partial charge in [0.05, 0.1) is 11.9 Å². The van der Waals surface area contributed by atoms with E-state index in [0.29, 0.717) is 17.4 Å². The van der Waals surface area contributed by atoms with Gasteiger partial charge in [0.15, 0.2) is 0 Å². The van der Waals surface area contributed by atoms with Gasteiger partial charge in [-0.15, -0.1) is 5.10 Å². The zero-order valence-electron chi connectivity index (χ0n) is 13.9. The predicted molar refractivity (Wildman–Crippen MR) is 91.6 cm³/mol. The lowest BCUT2D eigenvalue weighted by atomic mass is 9.98. The molecule has 1 aromatic carbocycles. The molecule has 0 unspecified atom stereocenters. The first-order valence-electron chi connectivity index (χ1n) is 8.46. The Morgan fingerprint density at radius 2 is 2.04 bits per heavy atom. The molecule has 2 heterocycles. The van der Waals surface area contributed by atoms with E-state index in [9.17, 15) is 14.4 Å². The highest BCUT2D eigenvalue weighted by molar-refractivity contribution is 5.79. The van der Waals surface area contributed by atoms with Gasteiger partial charge in [0.25, 0.3) is 5.56 Å². The maximum Gasteiger partial charge on any atom is 0.277 e. The average molecular weight is 343 g/mol. The molecule has 3 rings (SSSR count). The molecule has 2 aromatic rings. The molecule has 0 saturated carbocycles. The van der Waals surface area contributed by atoms with E-state index in [1.807, 2.05) is 0 Å². The Balaban J connectivity index is 1.70. The van der Waals surface area contributed by atoms with Crippen LogP contribution in [0.5, 0.6) is 0 Å². The number of aromatic nitrogens is 3. The van der Waals surface area contributed by atoms with Gasteiger partial charge in [-0.1, -0.05) is 17.3 Å². The molecule has 1 aliphatic heterocycles. The van der Waals surface area contributed by atoms with Crippen LogP contribution in [0, 0.1) is 0 Å². The lowest BCUT2D eigenvalue weighted by Gasteiger charge is -2.35. The third-order valence-electron chi connectivity index (χ3n) is 4.55. The summed E-state index contributed by atoms with van der Waals surface area (Å²) in [4.78, 5) is 37.9. The highest BCUT2D eigenvalue weighted by Crippen LogP contribution is 2.20. The smallest absolute Gasteiger partial charge is 0.277 e. The van der Waals surface area contributed by atoms with Crippen molar-refractivity contribution >= 4 is 22.7 Å². The van der Waals surface area contributed by atoms with Crippen molar-refractivity contribution in [3.05, 3.63) is 34.6 Å². The van der Waals surface area contributed by atoms with Crippen molar-refractivity contribution in [3.8, 4) is 0 Å². The number of fused-ring (bicyclic) bond motifs is 1. The summed E-state index contributed by atoms with van der Waals surface area (Å²) in [6.45, 7) is 0.782. The quantitative estimate of drug-likeness (QED) is 0.846. The molecule has 0 bridgehead atoms. The topological polar surface area (TPSA) is 111 Å². The second-order valence-electron chi connectivity index (χ2n) is 6.29. The molecule has 8 heteroatoms. The lowest BCUT2D eigenvalue weighted by Crippen LogP contribution is -2.46. The minimum atomic E-state index is -0.402. The highest BCUT2D eigenvalue weighted by Gasteiger charge is 2.27. The zero-order chi connectivity index (χ0) is 17.8. The van der Waals surface area contributed by atoms with Gasteiger partial charge in [0, 0.05) is 25.4 Å². The molecule has 1 atom stereocenters. The minimum absolute atomic E-state index is 0.0900. The number of carbonyl (C=O) groups is 2. The summed E-state index contributed by atoms with van der Waals surface area (Å²) < 4.78 is 1.22. The molecular formula is C17H21N5O3. The van der Waals surface area contributed by atoms with Crippen molar-refractivity contribution in [3.63, 3.8) is 0 Å². The van der Waals surface area contributed by atoms with Crippen molar-refractivity contribution in [2.75, 3.05) is 6.54 Å². The van der Waals surface area contributed by atoms with Crippen LogP contribution < -0.4 is 11.3 Å². The predicted octanol–water partition coefficient (Wildman–Crippen LogP) is 0.438. The van der Waals surface area contributed by atoms with Gasteiger partial charge in [-0.05, 0) is 31.4 Å². The number of benzene rings is 1. The van der Waals surface area contributed by atoms with E-state index in [-0.39, 0.29) is 36.9 Å². The van der Waals surface area contributed by atoms with E-state index in [1.54, 1.807) is 29.2 Å². The van der Waals surface area contributed by atoms with Crippen molar-refractivity contribution < 1.29 is 9.59 Å². The lowest BCUT2D eigenvalue weighted by molar-refractivity contribution is -0.136. The number of carbonyl (C=O) groups excluding carboxylic acids is 2. The van der Waals surface area contributed by atoms with Crippen LogP contribution in [0.1, 0.15) is 32.1 Å². The maximum absolute atomic E-state index is 12.5. The molecule has 1 fully saturated rings. The molecule has 25 heavy (non-hydrogen) atoms. The SMILES string of the molecule is NC(=O)C[C@H]1CCCCN1C(=O)CCn1nnc2ccccc2c1=O. The molecule has 0 aliphatic carbocycles. The summed E-state index contributed by atoms with van der Waals surface area (Å²) in [5.41, 5.74) is 5.56. The number of rotatable bonds is 5. The van der Waals surface area contributed by atoms with Gasteiger partial charge in [-0.25, -0.2) is 4.68 Å². The van der Waals surface area contributed by atoms with Gasteiger partial charge in [-0.2, -0.15) is 0 Å². The second-order valence-corrected chi connectivity index (χ2v) is 6.29. The molecule has 132 valence electrons. The Morgan fingerprint density at radius 1 is 1.24 bits per heavy atom. The first-order valence-corrected chi connectivity index (χ1v) is 8.46. The Labute approximate surface area is 144 Å². The van der Waals surface area contributed by atoms with E-state index < -0.39 is 5.91 Å². The van der Waals surface area contributed by atoms with E-state index in [1.165, 1.54) is 4.68 Å². The number of hydrogen-bond donors (Lipinski definition) is 1. The summed E-state index contributed by atoms with van der Waals surface area (Å²) >= 11 is 0. The molecule has 0 radical (unpaired) electrons. The largest absolute Gasteiger partial charge is 0.370 e. The summed E-state index contributed by atoms with van der Waals surface area (Å²) in [5, 5.41) is 8.39. The Morgan fingerprint density at radius 3 is 2.84 bits per heavy atom. The monoisotopic (exact) mass is 343 g/mol. The van der Waals surface area contributed by atoms with Crippen LogP contribution in [0.25, 0.3) is 10.9 Å². The first kappa shape index (κ1) is 17.1. The molecular weight excluding hydrogens is 322 g/mol. The van der Waals surface area contributed by atoms with Crippen LogP contribution in [0.15, 0.2) is 29.1 Å². The number of amides is 2. The molecule has 1 aliphatic rings. The fourth-order valence-corrected chi connectivity index (χ4v) is 3.29. The van der Waals surface area contributed by atoms with E-state index in [0.717, 1.165) is 19.3 Å². The fourth-order valence-electron chi connectivity index (χ4n) is 3.29. The summed E-state index contributed by atoms with van der Waals surface area (Å²) in [6, 6.07) is 6.83. The second kappa shape index (κ2) is 7.42. The first-order chi connectivity index (χ1) is 12.1. The van der Waals surface area contributed by atoms with E-state index in [4.69, 9.17) is 5.73 Å². The molecule has 0 spiro atoms. The van der Waals surface area contributed by atoms with E-state index >= 15 is 0 Å². The van der Waals surface area contributed by atoms with Crippen LogP contribution in [-0.2, 0) is 16.1 Å². The third-order valence-corrected chi connectivity index (χ3v) is 4.55. The Hall–Kier alpha value is -2.77. The van der Waals surface area contributed by atoms with Gasteiger partial charge >= 0.3 is 0 Å². The van der Waals surface area contributed by atoms with Crippen molar-refractivity contribution in [2.45, 2.75) is 44.7 Å². The summed E-state index contributed by atoms with van der Waals surface area (Å²) in [5.74, 6) is -0.492. The van der Waals surface area contributed by atoms with Crippen molar-refractivity contribution in [1.29, 1.82) is 0 Å². The van der Waals surface area contributed by atoms with Crippen molar-refractivity contribution in [2.24, 2.45) is 5.73 Å². The number of aryl methyl sites for hydroxylation is 1. The average Bonchev–Trinajstić information content (AvgIpc) is 2.61. The molecule has 8 nitrogen and oxygen atoms in total. The molecule has 2 amide bonds. The van der Waals surface area contributed by atoms with Gasteiger partial charge < -0.3 is 10.6 Å². The van der Waals surface area contributed by atoms with Gasteiger partial charge in [-0.3, -0.25) is 14.4 Å². The number of nitrogens with two attached hydrogens (primary N) is 1. The number of likely N-dealkylation sites (tertiary alicyclic amines) is 1. The number of hydrogen-bond acceptors (Lipinski definition) is 5. The number of primary amides is 1. The minimum Gasteiger partial charge on any atom is -0.370 e. The fraction of sp³-hybridized carbons (Fsp3) is 0.471. The maximum atomic E-state index is 12.5. The number of nitrogens with zero attached hydrogens (tertiary/aromatic N) is 4. The van der Waals surface area contributed by atoms with Crippen LogP contribution in [0.4, 0.5) is 0 Å². The Kier molecular flexibility index (Phi) is 5.06. The van der Waals surface area contributed by atoms with Crippen LogP contribution in [0.2, 0.25) is 0 Å². The standard InChI is InChI=1S/C17H21N5O3/c18-15(23)11-12-5-3-4-9-21(12)16(24)8-10-22-17(25)13-6-1-2-7-14(13)19-20-22/h1-2,6-7,12H,3-5,8-11H2,(H2,18,23)/t12-/m1/s1. The third kappa shape index (κ3) is 3.84. The van der Waals surface area contributed by atoms with Crippen LogP contribution in [-0.4, -0.2) is 44.3 Å². The molecule has 2 N–H and O–H groups in total. The summed E-state index contributed by atoms with van der Waals surface area (Å²) in [7, 11) is 0. The molecule has 1 saturated heterocycles. The highest BCUT2D eigenvalue weighted by atomic mass is 16.2. The van der Waals surface area contributed by atoms with Crippen molar-refractivity contribution in [1.82, 2.24) is 19.9 Å². The van der Waals surface area contributed by atoms with Gasteiger partial charge in [0.2, 0.25) is 11.8 Å². The van der Waals surface area contributed by atoms with E-state index in [2.05, 4.69) is 10.3 Å². The zero-order valence-corrected chi connectivity index (χ0v) is 13.9. The Bertz CT molecular complexity index is 848. The summed E-state index contributed by atoms with van der Waals surface area (Å²) in [6.07, 6.45) is 3.00.